The van der Waals surface area contributed by atoms with Crippen molar-refractivity contribution in [2.75, 3.05) is 6.61 Å². The molecule has 4 heteroatoms. The van der Waals surface area contributed by atoms with Crippen LogP contribution in [0.3, 0.4) is 0 Å². The summed E-state index contributed by atoms with van der Waals surface area (Å²) in [6, 6.07) is 17.1. The van der Waals surface area contributed by atoms with Crippen molar-refractivity contribution in [3.63, 3.8) is 0 Å². The first kappa shape index (κ1) is 18.9. The van der Waals surface area contributed by atoms with Crippen molar-refractivity contribution in [3.8, 4) is 5.75 Å². The maximum atomic E-state index is 12.2. The number of esters is 1. The monoisotopic (exact) mass is 363 g/mol. The second-order valence-electron chi connectivity index (χ2n) is 6.50. The molecule has 0 aliphatic carbocycles. The van der Waals surface area contributed by atoms with E-state index in [1.807, 2.05) is 54.6 Å². The number of benzene rings is 2. The minimum Gasteiger partial charge on any atom is -0.493 e. The van der Waals surface area contributed by atoms with E-state index in [1.165, 1.54) is 25.7 Å². The Kier molecular flexibility index (Phi) is 6.80. The van der Waals surface area contributed by atoms with Crippen LogP contribution >= 0.6 is 0 Å². The molecular formula is C23H25NO3. The highest BCUT2D eigenvalue weighted by atomic mass is 16.6. The van der Waals surface area contributed by atoms with Gasteiger partial charge in [-0.05, 0) is 30.7 Å². The van der Waals surface area contributed by atoms with Crippen molar-refractivity contribution in [1.82, 2.24) is 0 Å². The third kappa shape index (κ3) is 5.30. The maximum absolute atomic E-state index is 12.2. The van der Waals surface area contributed by atoms with E-state index in [0.29, 0.717) is 12.5 Å². The molecule has 4 nitrogen and oxygen atoms in total. The summed E-state index contributed by atoms with van der Waals surface area (Å²) in [5.74, 6) is 0.654. The van der Waals surface area contributed by atoms with E-state index in [-0.39, 0.29) is 5.70 Å². The molecule has 0 spiro atoms. The van der Waals surface area contributed by atoms with E-state index in [4.69, 9.17) is 9.47 Å². The van der Waals surface area contributed by atoms with Crippen molar-refractivity contribution in [3.05, 3.63) is 71.4 Å². The quantitative estimate of drug-likeness (QED) is 0.341. The largest absolute Gasteiger partial charge is 0.493 e. The molecule has 3 rings (SSSR count). The van der Waals surface area contributed by atoms with Gasteiger partial charge in [-0.15, -0.1) is 0 Å². The van der Waals surface area contributed by atoms with Gasteiger partial charge in [0.25, 0.3) is 0 Å². The molecule has 27 heavy (non-hydrogen) atoms. The van der Waals surface area contributed by atoms with Crippen LogP contribution in [0.15, 0.2) is 65.3 Å². The summed E-state index contributed by atoms with van der Waals surface area (Å²) in [5.41, 5.74) is 1.90. The van der Waals surface area contributed by atoms with Crippen LogP contribution in [0.5, 0.6) is 5.75 Å². The number of carbonyl (C=O) groups excluding carboxylic acids is 1. The van der Waals surface area contributed by atoms with E-state index < -0.39 is 5.97 Å². The molecular weight excluding hydrogens is 338 g/mol. The number of nitrogens with zero attached hydrogens (tertiary/aromatic N) is 1. The number of hydrogen-bond donors (Lipinski definition) is 0. The molecule has 0 saturated heterocycles. The van der Waals surface area contributed by atoms with Gasteiger partial charge in [0.1, 0.15) is 5.75 Å². The van der Waals surface area contributed by atoms with Crippen molar-refractivity contribution < 1.29 is 14.3 Å². The summed E-state index contributed by atoms with van der Waals surface area (Å²) in [6.45, 7) is 2.88. The number of unbranched alkanes of at least 4 members (excludes halogenated alkanes) is 4. The summed E-state index contributed by atoms with van der Waals surface area (Å²) in [5, 5.41) is 0. The summed E-state index contributed by atoms with van der Waals surface area (Å²) >= 11 is 0. The standard InChI is InChI=1S/C23H25NO3/c1-2-3-4-5-11-16-26-21-15-10-9-14-19(21)17-20-23(25)27-22(24-20)18-12-7-6-8-13-18/h6-10,12-15,17H,2-5,11,16H2,1H3. The van der Waals surface area contributed by atoms with E-state index in [2.05, 4.69) is 11.9 Å². The highest BCUT2D eigenvalue weighted by Gasteiger charge is 2.24. The smallest absolute Gasteiger partial charge is 0.363 e. The lowest BCUT2D eigenvalue weighted by molar-refractivity contribution is -0.129. The molecule has 0 radical (unpaired) electrons. The molecule has 2 aromatic carbocycles. The first-order valence-electron chi connectivity index (χ1n) is 9.57. The van der Waals surface area contributed by atoms with Crippen LogP contribution in [-0.4, -0.2) is 18.5 Å². The molecule has 0 atom stereocenters. The zero-order chi connectivity index (χ0) is 18.9. The number of carbonyl (C=O) groups is 1. The molecule has 0 bridgehead atoms. The highest BCUT2D eigenvalue weighted by Crippen LogP contribution is 2.25. The Morgan fingerprint density at radius 3 is 2.52 bits per heavy atom. The molecule has 0 unspecified atom stereocenters. The zero-order valence-corrected chi connectivity index (χ0v) is 15.7. The first-order valence-corrected chi connectivity index (χ1v) is 9.57. The summed E-state index contributed by atoms with van der Waals surface area (Å²) in [6.07, 6.45) is 7.68. The Bertz CT molecular complexity index is 825. The van der Waals surface area contributed by atoms with Crippen LogP contribution in [0.4, 0.5) is 0 Å². The van der Waals surface area contributed by atoms with E-state index in [0.717, 1.165) is 23.3 Å². The predicted octanol–water partition coefficient (Wildman–Crippen LogP) is 5.38. The normalized spacial score (nSPS) is 14.9. The SMILES string of the molecule is CCCCCCCOc1ccccc1C=C1N=C(c2ccccc2)OC1=O. The van der Waals surface area contributed by atoms with Crippen molar-refractivity contribution in [2.45, 2.75) is 39.0 Å². The fourth-order valence-electron chi connectivity index (χ4n) is 2.88. The summed E-state index contributed by atoms with van der Waals surface area (Å²) in [4.78, 5) is 16.5. The molecule has 0 fully saturated rings. The second kappa shape index (κ2) is 9.72. The molecule has 0 N–H and O–H groups in total. The van der Waals surface area contributed by atoms with Gasteiger partial charge in [0.15, 0.2) is 5.70 Å². The number of hydrogen-bond acceptors (Lipinski definition) is 4. The fourth-order valence-corrected chi connectivity index (χ4v) is 2.88. The third-order valence-corrected chi connectivity index (χ3v) is 4.36. The summed E-state index contributed by atoms with van der Waals surface area (Å²) in [7, 11) is 0. The van der Waals surface area contributed by atoms with E-state index in [1.54, 1.807) is 6.08 Å². The molecule has 1 heterocycles. The number of cyclic esters (lactones) is 1. The second-order valence-corrected chi connectivity index (χ2v) is 6.50. The van der Waals surface area contributed by atoms with Gasteiger partial charge >= 0.3 is 5.97 Å². The lowest BCUT2D eigenvalue weighted by Gasteiger charge is -2.09. The minimum atomic E-state index is -0.441. The molecule has 0 amide bonds. The van der Waals surface area contributed by atoms with Crippen LogP contribution in [0.25, 0.3) is 6.08 Å². The van der Waals surface area contributed by atoms with Crippen LogP contribution in [-0.2, 0) is 9.53 Å². The van der Waals surface area contributed by atoms with E-state index in [9.17, 15) is 4.79 Å². The minimum absolute atomic E-state index is 0.285. The van der Waals surface area contributed by atoms with Crippen molar-refractivity contribution in [1.29, 1.82) is 0 Å². The molecule has 0 aromatic heterocycles. The number of rotatable bonds is 9. The van der Waals surface area contributed by atoms with Gasteiger partial charge in [0.2, 0.25) is 5.90 Å². The van der Waals surface area contributed by atoms with Gasteiger partial charge in [-0.25, -0.2) is 9.79 Å². The topological polar surface area (TPSA) is 47.9 Å². The molecule has 2 aromatic rings. The van der Waals surface area contributed by atoms with Crippen molar-refractivity contribution in [2.24, 2.45) is 4.99 Å². The fraction of sp³-hybridized carbons (Fsp3) is 0.304. The first-order chi connectivity index (χ1) is 13.3. The van der Waals surface area contributed by atoms with Crippen LogP contribution in [0.1, 0.15) is 50.2 Å². The average molecular weight is 363 g/mol. The predicted molar refractivity (Wildman–Crippen MR) is 108 cm³/mol. The zero-order valence-electron chi connectivity index (χ0n) is 15.7. The van der Waals surface area contributed by atoms with Gasteiger partial charge in [-0.1, -0.05) is 69.0 Å². The number of aliphatic imine (C=N–C) groups is 1. The average Bonchev–Trinajstić information content (AvgIpc) is 3.07. The van der Waals surface area contributed by atoms with Gasteiger partial charge in [-0.2, -0.15) is 0 Å². The third-order valence-electron chi connectivity index (χ3n) is 4.36. The number of ether oxygens (including phenoxy) is 2. The Labute approximate surface area is 160 Å². The highest BCUT2D eigenvalue weighted by molar-refractivity contribution is 6.12. The molecule has 1 aliphatic heterocycles. The van der Waals surface area contributed by atoms with Gasteiger partial charge in [0.05, 0.1) is 6.61 Å². The molecule has 140 valence electrons. The van der Waals surface area contributed by atoms with Crippen molar-refractivity contribution >= 4 is 17.9 Å². The van der Waals surface area contributed by atoms with Gasteiger partial charge in [-0.3, -0.25) is 0 Å². The maximum Gasteiger partial charge on any atom is 0.363 e. The van der Waals surface area contributed by atoms with Crippen LogP contribution in [0.2, 0.25) is 0 Å². The van der Waals surface area contributed by atoms with E-state index >= 15 is 0 Å². The lowest BCUT2D eigenvalue weighted by atomic mass is 10.1. The summed E-state index contributed by atoms with van der Waals surface area (Å²) < 4.78 is 11.2. The van der Waals surface area contributed by atoms with Crippen LogP contribution < -0.4 is 4.74 Å². The van der Waals surface area contributed by atoms with Gasteiger partial charge in [0, 0.05) is 11.1 Å². The number of para-hydroxylation sites is 1. The Morgan fingerprint density at radius 2 is 1.70 bits per heavy atom. The van der Waals surface area contributed by atoms with Crippen LogP contribution in [0, 0.1) is 0 Å². The molecule has 1 aliphatic rings. The Balaban J connectivity index is 1.69. The Hall–Kier alpha value is -2.88. The molecule has 0 saturated carbocycles. The van der Waals surface area contributed by atoms with Gasteiger partial charge < -0.3 is 9.47 Å². The lowest BCUT2D eigenvalue weighted by Crippen LogP contribution is -2.05. The Morgan fingerprint density at radius 1 is 0.963 bits per heavy atom.